The Morgan fingerprint density at radius 2 is 2.18 bits per heavy atom. The first-order chi connectivity index (χ1) is 13.6. The molecule has 0 bridgehead atoms. The van der Waals surface area contributed by atoms with E-state index in [1.54, 1.807) is 7.05 Å². The van der Waals surface area contributed by atoms with Crippen LogP contribution >= 0.6 is 0 Å². The molecule has 0 saturated carbocycles. The van der Waals surface area contributed by atoms with Gasteiger partial charge in [-0.2, -0.15) is 4.98 Å². The molecule has 28 heavy (non-hydrogen) atoms. The number of guanidine groups is 1. The molecule has 1 aromatic heterocycles. The molecule has 3 rings (SSSR count). The number of aliphatic imine (C=N–C) groups is 1. The van der Waals surface area contributed by atoms with Crippen LogP contribution in [0.5, 0.6) is 0 Å². The zero-order valence-electron chi connectivity index (χ0n) is 17.1. The van der Waals surface area contributed by atoms with Gasteiger partial charge in [-0.15, -0.1) is 0 Å². The van der Waals surface area contributed by atoms with Crippen molar-refractivity contribution in [3.05, 3.63) is 41.5 Å². The molecule has 2 unspecified atom stereocenters. The van der Waals surface area contributed by atoms with Crippen molar-refractivity contribution in [3.8, 4) is 0 Å². The summed E-state index contributed by atoms with van der Waals surface area (Å²) in [5.74, 6) is 1.80. The molecule has 2 N–H and O–H groups in total. The third-order valence-electron chi connectivity index (χ3n) is 4.82. The van der Waals surface area contributed by atoms with Crippen LogP contribution < -0.4 is 15.5 Å². The number of benzene rings is 1. The first-order valence-corrected chi connectivity index (χ1v) is 9.82. The van der Waals surface area contributed by atoms with Crippen molar-refractivity contribution < 1.29 is 9.26 Å². The molecule has 1 fully saturated rings. The lowest BCUT2D eigenvalue weighted by atomic mass is 10.2. The fourth-order valence-corrected chi connectivity index (χ4v) is 3.25. The van der Waals surface area contributed by atoms with Crippen LogP contribution in [0.2, 0.25) is 0 Å². The summed E-state index contributed by atoms with van der Waals surface area (Å²) in [6.45, 7) is 8.96. The Morgan fingerprint density at radius 3 is 2.89 bits per heavy atom. The highest BCUT2D eigenvalue weighted by molar-refractivity contribution is 5.80. The van der Waals surface area contributed by atoms with Gasteiger partial charge in [0.2, 0.25) is 5.89 Å². The lowest BCUT2D eigenvalue weighted by Gasteiger charge is -2.20. The number of nitrogens with zero attached hydrogens (tertiary/aromatic N) is 4. The van der Waals surface area contributed by atoms with Gasteiger partial charge in [-0.1, -0.05) is 22.9 Å². The minimum Gasteiger partial charge on any atom is -0.371 e. The highest BCUT2D eigenvalue weighted by Crippen LogP contribution is 2.20. The summed E-state index contributed by atoms with van der Waals surface area (Å²) in [6.07, 6.45) is 0.886. The summed E-state index contributed by atoms with van der Waals surface area (Å²) in [4.78, 5) is 11.1. The van der Waals surface area contributed by atoms with Gasteiger partial charge in [-0.3, -0.25) is 4.99 Å². The van der Waals surface area contributed by atoms with E-state index in [1.165, 1.54) is 11.3 Å². The van der Waals surface area contributed by atoms with Gasteiger partial charge in [0.15, 0.2) is 11.8 Å². The van der Waals surface area contributed by atoms with E-state index in [-0.39, 0.29) is 6.10 Å². The second-order valence-corrected chi connectivity index (χ2v) is 6.98. The Hall–Kier alpha value is -2.61. The van der Waals surface area contributed by atoms with Crippen LogP contribution in [0, 0.1) is 6.92 Å². The van der Waals surface area contributed by atoms with Gasteiger partial charge in [0.25, 0.3) is 0 Å². The van der Waals surface area contributed by atoms with E-state index in [9.17, 15) is 0 Å². The van der Waals surface area contributed by atoms with Crippen LogP contribution in [-0.2, 0) is 11.3 Å². The van der Waals surface area contributed by atoms with Crippen molar-refractivity contribution in [1.29, 1.82) is 0 Å². The van der Waals surface area contributed by atoms with Gasteiger partial charge in [0.1, 0.15) is 6.10 Å². The van der Waals surface area contributed by atoms with Crippen LogP contribution in [-0.4, -0.2) is 48.9 Å². The van der Waals surface area contributed by atoms with Crippen molar-refractivity contribution >= 4 is 11.6 Å². The summed E-state index contributed by atoms with van der Waals surface area (Å²) in [5, 5.41) is 10.7. The number of ether oxygens (including phenoxy) is 1. The van der Waals surface area contributed by atoms with Gasteiger partial charge in [-0.25, -0.2) is 0 Å². The topological polar surface area (TPSA) is 87.8 Å². The van der Waals surface area contributed by atoms with Crippen molar-refractivity contribution in [2.75, 3.05) is 31.6 Å². The maximum Gasteiger partial charge on any atom is 0.246 e. The van der Waals surface area contributed by atoms with E-state index >= 15 is 0 Å². The molecule has 152 valence electrons. The highest BCUT2D eigenvalue weighted by Gasteiger charge is 2.23. The van der Waals surface area contributed by atoms with Gasteiger partial charge < -0.3 is 24.8 Å². The van der Waals surface area contributed by atoms with Gasteiger partial charge >= 0.3 is 0 Å². The standard InChI is InChI=1S/C20H30N6O2/c1-5-27-15(3)19-24-18(28-25-19)12-22-20(21-4)23-16-10-11-26(13-16)17-8-6-14(2)7-9-17/h6-9,15-16H,5,10-13H2,1-4H3,(H2,21,22,23). The van der Waals surface area contributed by atoms with E-state index in [4.69, 9.17) is 9.26 Å². The molecule has 2 atom stereocenters. The minimum absolute atomic E-state index is 0.175. The SMILES string of the molecule is CCOC(C)c1noc(CNC(=NC)NC2CCN(c3ccc(C)cc3)C2)n1. The summed E-state index contributed by atoms with van der Waals surface area (Å²) < 4.78 is 10.8. The maximum atomic E-state index is 5.48. The molecule has 8 heteroatoms. The molecule has 1 aliphatic rings. The van der Waals surface area contributed by atoms with Crippen molar-refractivity contribution in [2.45, 2.75) is 45.9 Å². The largest absolute Gasteiger partial charge is 0.371 e. The zero-order valence-corrected chi connectivity index (χ0v) is 17.1. The Balaban J connectivity index is 1.48. The maximum absolute atomic E-state index is 5.48. The molecule has 0 radical (unpaired) electrons. The average Bonchev–Trinajstić information content (AvgIpc) is 3.35. The molecular weight excluding hydrogens is 356 g/mol. The number of aryl methyl sites for hydroxylation is 1. The van der Waals surface area contributed by atoms with E-state index in [0.717, 1.165) is 25.5 Å². The molecule has 8 nitrogen and oxygen atoms in total. The molecular formula is C20H30N6O2. The molecule has 2 aromatic rings. The second-order valence-electron chi connectivity index (χ2n) is 6.98. The Morgan fingerprint density at radius 1 is 1.39 bits per heavy atom. The number of anilines is 1. The number of nitrogens with one attached hydrogen (secondary N) is 2. The monoisotopic (exact) mass is 386 g/mol. The fourth-order valence-electron chi connectivity index (χ4n) is 3.25. The highest BCUT2D eigenvalue weighted by atomic mass is 16.5. The summed E-state index contributed by atoms with van der Waals surface area (Å²) >= 11 is 0. The third-order valence-corrected chi connectivity index (χ3v) is 4.82. The predicted octanol–water partition coefficient (Wildman–Crippen LogP) is 2.42. The number of hydrogen-bond acceptors (Lipinski definition) is 6. The van der Waals surface area contributed by atoms with Crippen LogP contribution in [0.25, 0.3) is 0 Å². The summed E-state index contributed by atoms with van der Waals surface area (Å²) in [5.41, 5.74) is 2.54. The summed E-state index contributed by atoms with van der Waals surface area (Å²) in [6, 6.07) is 9.01. The van der Waals surface area contributed by atoms with E-state index in [2.05, 4.69) is 61.9 Å². The van der Waals surface area contributed by atoms with Gasteiger partial charge in [-0.05, 0) is 39.3 Å². The first-order valence-electron chi connectivity index (χ1n) is 9.82. The van der Waals surface area contributed by atoms with Crippen LogP contribution in [0.3, 0.4) is 0 Å². The second kappa shape index (κ2) is 9.54. The molecule has 0 aliphatic carbocycles. The average molecular weight is 387 g/mol. The smallest absolute Gasteiger partial charge is 0.246 e. The Bertz CT molecular complexity index is 773. The molecule has 0 spiro atoms. The Kier molecular flexibility index (Phi) is 6.86. The van der Waals surface area contributed by atoms with E-state index in [1.807, 2.05) is 13.8 Å². The molecule has 0 amide bonds. The zero-order chi connectivity index (χ0) is 19.9. The van der Waals surface area contributed by atoms with Crippen molar-refractivity contribution in [2.24, 2.45) is 4.99 Å². The number of rotatable bonds is 7. The normalized spacial score (nSPS) is 18.4. The third kappa shape index (κ3) is 5.22. The number of hydrogen-bond donors (Lipinski definition) is 2. The lowest BCUT2D eigenvalue weighted by Crippen LogP contribution is -2.44. The Labute approximate surface area is 166 Å². The van der Waals surface area contributed by atoms with Crippen LogP contribution in [0.4, 0.5) is 5.69 Å². The minimum atomic E-state index is -0.175. The van der Waals surface area contributed by atoms with Gasteiger partial charge in [0.05, 0.1) is 6.54 Å². The molecule has 1 aromatic carbocycles. The van der Waals surface area contributed by atoms with Crippen molar-refractivity contribution in [3.63, 3.8) is 0 Å². The molecule has 2 heterocycles. The quantitative estimate of drug-likeness (QED) is 0.558. The van der Waals surface area contributed by atoms with E-state index < -0.39 is 0 Å². The van der Waals surface area contributed by atoms with Gasteiger partial charge in [0, 0.05) is 38.5 Å². The number of aromatic nitrogens is 2. The summed E-state index contributed by atoms with van der Waals surface area (Å²) in [7, 11) is 1.76. The van der Waals surface area contributed by atoms with Crippen LogP contribution in [0.1, 0.15) is 43.7 Å². The molecule has 1 aliphatic heterocycles. The predicted molar refractivity (Wildman–Crippen MR) is 109 cm³/mol. The van der Waals surface area contributed by atoms with E-state index in [0.29, 0.717) is 30.9 Å². The lowest BCUT2D eigenvalue weighted by molar-refractivity contribution is 0.0683. The van der Waals surface area contributed by atoms with Crippen LogP contribution in [0.15, 0.2) is 33.8 Å². The molecule has 1 saturated heterocycles. The van der Waals surface area contributed by atoms with Crippen molar-refractivity contribution in [1.82, 2.24) is 20.8 Å². The fraction of sp³-hybridized carbons (Fsp3) is 0.550. The first kappa shape index (κ1) is 20.1.